The zero-order valence-electron chi connectivity index (χ0n) is 13.1. The van der Waals surface area contributed by atoms with E-state index in [-0.39, 0.29) is 5.56 Å². The summed E-state index contributed by atoms with van der Waals surface area (Å²) in [5.74, 6) is 0. The summed E-state index contributed by atoms with van der Waals surface area (Å²) in [6, 6.07) is 9.13. The molecule has 1 aromatic carbocycles. The van der Waals surface area contributed by atoms with E-state index in [1.807, 2.05) is 4.57 Å². The van der Waals surface area contributed by atoms with E-state index >= 15 is 0 Å². The number of hydrogen-bond donors (Lipinski definition) is 1. The fourth-order valence-corrected chi connectivity index (χ4v) is 4.11. The zero-order valence-corrected chi connectivity index (χ0v) is 13.1. The minimum absolute atomic E-state index is 0.211. The first-order chi connectivity index (χ1) is 10.8. The maximum Gasteiger partial charge on any atom is 0.255 e. The molecule has 0 atom stereocenters. The van der Waals surface area contributed by atoms with Gasteiger partial charge in [0.05, 0.1) is 5.52 Å². The molecule has 3 nitrogen and oxygen atoms in total. The van der Waals surface area contributed by atoms with Gasteiger partial charge in [-0.1, -0.05) is 37.5 Å². The van der Waals surface area contributed by atoms with Gasteiger partial charge in [0.15, 0.2) is 0 Å². The Labute approximate surface area is 131 Å². The highest BCUT2D eigenvalue weighted by molar-refractivity contribution is 5.83. The number of aromatic nitrogens is 1. The lowest BCUT2D eigenvalue weighted by molar-refractivity contribution is 0.371. The molecule has 1 saturated carbocycles. The van der Waals surface area contributed by atoms with Crippen LogP contribution >= 0.6 is 0 Å². The second-order valence-electron chi connectivity index (χ2n) is 6.80. The van der Waals surface area contributed by atoms with E-state index < -0.39 is 0 Å². The van der Waals surface area contributed by atoms with Crippen molar-refractivity contribution in [2.75, 3.05) is 0 Å². The van der Waals surface area contributed by atoms with Crippen molar-refractivity contribution >= 4 is 10.9 Å². The number of nitrogens with zero attached hydrogens (tertiary/aromatic N) is 1. The summed E-state index contributed by atoms with van der Waals surface area (Å²) in [5.41, 5.74) is 3.63. The lowest BCUT2D eigenvalue weighted by Crippen LogP contribution is -2.34. The Kier molecular flexibility index (Phi) is 3.75. The lowest BCUT2D eigenvalue weighted by Gasteiger charge is -2.24. The van der Waals surface area contributed by atoms with Gasteiger partial charge in [0.25, 0.3) is 5.56 Å². The van der Waals surface area contributed by atoms with Crippen molar-refractivity contribution < 1.29 is 0 Å². The average molecular weight is 296 g/mol. The molecule has 1 aliphatic heterocycles. The minimum atomic E-state index is 0.211. The number of hydrogen-bond acceptors (Lipinski definition) is 2. The van der Waals surface area contributed by atoms with Gasteiger partial charge in [0.1, 0.15) is 0 Å². The van der Waals surface area contributed by atoms with Gasteiger partial charge in [-0.15, -0.1) is 0 Å². The largest absolute Gasteiger partial charge is 0.310 e. The van der Waals surface area contributed by atoms with Crippen LogP contribution in [0.25, 0.3) is 10.9 Å². The van der Waals surface area contributed by atoms with Crippen molar-refractivity contribution in [2.24, 2.45) is 0 Å². The van der Waals surface area contributed by atoms with Crippen LogP contribution in [0.5, 0.6) is 0 Å². The predicted molar refractivity (Wildman–Crippen MR) is 90.2 cm³/mol. The number of para-hydroxylation sites is 1. The Balaban J connectivity index is 1.67. The molecular formula is C19H24N2O. The van der Waals surface area contributed by atoms with E-state index in [4.69, 9.17) is 0 Å². The van der Waals surface area contributed by atoms with Gasteiger partial charge in [-0.25, -0.2) is 0 Å². The Hall–Kier alpha value is -1.61. The fraction of sp³-hybridized carbons (Fsp3) is 0.526. The van der Waals surface area contributed by atoms with E-state index in [9.17, 15) is 4.79 Å². The number of aryl methyl sites for hydroxylation is 2. The van der Waals surface area contributed by atoms with Gasteiger partial charge >= 0.3 is 0 Å². The molecule has 116 valence electrons. The second kappa shape index (κ2) is 5.88. The molecular weight excluding hydrogens is 272 g/mol. The Morgan fingerprint density at radius 3 is 2.86 bits per heavy atom. The molecule has 0 radical (unpaired) electrons. The molecule has 1 aliphatic carbocycles. The highest BCUT2D eigenvalue weighted by atomic mass is 16.1. The Morgan fingerprint density at radius 1 is 1.14 bits per heavy atom. The molecule has 1 N–H and O–H groups in total. The van der Waals surface area contributed by atoms with Crippen molar-refractivity contribution in [3.8, 4) is 0 Å². The van der Waals surface area contributed by atoms with Crippen LogP contribution < -0.4 is 10.9 Å². The first kappa shape index (κ1) is 14.0. The summed E-state index contributed by atoms with van der Waals surface area (Å²) in [6.07, 6.45) is 8.69. The first-order valence-corrected chi connectivity index (χ1v) is 8.70. The number of benzene rings is 1. The summed E-state index contributed by atoms with van der Waals surface area (Å²) in [7, 11) is 0. The normalized spacial score (nSPS) is 18.7. The molecule has 2 aromatic rings. The van der Waals surface area contributed by atoms with Crippen molar-refractivity contribution in [3.05, 3.63) is 45.7 Å². The van der Waals surface area contributed by atoms with Gasteiger partial charge in [0, 0.05) is 24.7 Å². The number of nitrogens with one attached hydrogen (secondary N) is 1. The summed E-state index contributed by atoms with van der Waals surface area (Å²) in [4.78, 5) is 12.8. The van der Waals surface area contributed by atoms with E-state index in [0.717, 1.165) is 24.9 Å². The maximum absolute atomic E-state index is 12.8. The summed E-state index contributed by atoms with van der Waals surface area (Å²) < 4.78 is 2.01. The third-order valence-electron chi connectivity index (χ3n) is 5.28. The number of rotatable bonds is 3. The van der Waals surface area contributed by atoms with Gasteiger partial charge in [-0.3, -0.25) is 4.79 Å². The lowest BCUT2D eigenvalue weighted by atomic mass is 9.95. The van der Waals surface area contributed by atoms with Gasteiger partial charge in [-0.05, 0) is 42.7 Å². The van der Waals surface area contributed by atoms with Gasteiger partial charge in [-0.2, -0.15) is 0 Å². The second-order valence-corrected chi connectivity index (χ2v) is 6.80. The summed E-state index contributed by atoms with van der Waals surface area (Å²) in [5, 5.41) is 4.83. The average Bonchev–Trinajstić information content (AvgIpc) is 2.58. The smallest absolute Gasteiger partial charge is 0.255 e. The quantitative estimate of drug-likeness (QED) is 0.942. The Bertz CT molecular complexity index is 741. The van der Waals surface area contributed by atoms with E-state index in [2.05, 4.69) is 29.6 Å². The standard InChI is InChI=1S/C19H24N2O/c22-19-16(13-20-17-9-2-1-3-10-17)12-15-7-4-6-14-8-5-11-21(19)18(14)15/h4,6-7,12,17,20H,1-3,5,8-11,13H2. The summed E-state index contributed by atoms with van der Waals surface area (Å²) in [6.45, 7) is 1.58. The van der Waals surface area contributed by atoms with Crippen LogP contribution in [0.15, 0.2) is 29.1 Å². The highest BCUT2D eigenvalue weighted by Crippen LogP contribution is 2.24. The molecule has 2 aliphatic rings. The summed E-state index contributed by atoms with van der Waals surface area (Å²) >= 11 is 0. The van der Waals surface area contributed by atoms with Crippen LogP contribution in [0.2, 0.25) is 0 Å². The third kappa shape index (κ3) is 2.48. The molecule has 3 heteroatoms. The SMILES string of the molecule is O=c1c(CNC2CCCCC2)cc2cccc3c2n1CCC3. The van der Waals surface area contributed by atoms with Crippen LogP contribution in [0.1, 0.15) is 49.7 Å². The van der Waals surface area contributed by atoms with Crippen molar-refractivity contribution in [1.82, 2.24) is 9.88 Å². The van der Waals surface area contributed by atoms with E-state index in [0.29, 0.717) is 12.6 Å². The molecule has 1 aromatic heterocycles. The molecule has 0 amide bonds. The molecule has 0 saturated heterocycles. The molecule has 1 fully saturated rings. The first-order valence-electron chi connectivity index (χ1n) is 8.70. The molecule has 4 rings (SSSR count). The van der Waals surface area contributed by atoms with Crippen molar-refractivity contribution in [1.29, 1.82) is 0 Å². The minimum Gasteiger partial charge on any atom is -0.310 e. The Morgan fingerprint density at radius 2 is 2.00 bits per heavy atom. The predicted octanol–water partition coefficient (Wildman–Crippen LogP) is 3.37. The van der Waals surface area contributed by atoms with Crippen molar-refractivity contribution in [2.45, 2.75) is 64.1 Å². The topological polar surface area (TPSA) is 34.0 Å². The van der Waals surface area contributed by atoms with Crippen LogP contribution in [-0.4, -0.2) is 10.6 Å². The van der Waals surface area contributed by atoms with Crippen LogP contribution in [0, 0.1) is 0 Å². The van der Waals surface area contributed by atoms with E-state index in [1.165, 1.54) is 48.6 Å². The monoisotopic (exact) mass is 296 g/mol. The maximum atomic E-state index is 12.8. The van der Waals surface area contributed by atoms with Crippen molar-refractivity contribution in [3.63, 3.8) is 0 Å². The highest BCUT2D eigenvalue weighted by Gasteiger charge is 2.17. The van der Waals surface area contributed by atoms with Crippen LogP contribution in [0.4, 0.5) is 0 Å². The van der Waals surface area contributed by atoms with Gasteiger partial charge in [0.2, 0.25) is 0 Å². The molecule has 22 heavy (non-hydrogen) atoms. The molecule has 0 unspecified atom stereocenters. The zero-order chi connectivity index (χ0) is 14.9. The molecule has 0 spiro atoms. The van der Waals surface area contributed by atoms with Gasteiger partial charge < -0.3 is 9.88 Å². The molecule has 0 bridgehead atoms. The van der Waals surface area contributed by atoms with E-state index in [1.54, 1.807) is 0 Å². The molecule has 2 heterocycles. The number of pyridine rings is 1. The fourth-order valence-electron chi connectivity index (χ4n) is 4.11. The third-order valence-corrected chi connectivity index (χ3v) is 5.28. The van der Waals surface area contributed by atoms with Crippen LogP contribution in [-0.2, 0) is 19.5 Å². The van der Waals surface area contributed by atoms with Crippen LogP contribution in [0.3, 0.4) is 0 Å².